The molecule has 0 bridgehead atoms. The van der Waals surface area contributed by atoms with Crippen molar-refractivity contribution in [2.45, 2.75) is 25.4 Å². The van der Waals surface area contributed by atoms with Crippen LogP contribution in [0.5, 0.6) is 5.75 Å². The molecule has 0 aliphatic carbocycles. The first-order valence-electron chi connectivity index (χ1n) is 6.76. The number of Topliss-reactive ketones (excluding diaryl/α,β-unsaturated/α-hetero) is 1. The van der Waals surface area contributed by atoms with Crippen LogP contribution in [0.3, 0.4) is 0 Å². The van der Waals surface area contributed by atoms with Gasteiger partial charge in [0.15, 0.2) is 23.0 Å². The molecule has 23 heavy (non-hydrogen) atoms. The van der Waals surface area contributed by atoms with Crippen LogP contribution >= 0.6 is 0 Å². The Labute approximate surface area is 132 Å². The third-order valence-electron chi connectivity index (χ3n) is 3.14. The molecule has 1 unspecified atom stereocenters. The zero-order valence-electron chi connectivity index (χ0n) is 12.8. The standard InChI is InChI=1S/C15H18FNO6/c1-15(22,14(20)21)8-17-13(19)6-4-11(18)9-3-5-12(23-2)10(16)7-9/h3,5,7,22H,4,6,8H2,1-2H3,(H,17,19)(H,20,21). The number of amides is 1. The lowest BCUT2D eigenvalue weighted by Gasteiger charge is -2.18. The van der Waals surface area contributed by atoms with Crippen LogP contribution in [-0.4, -0.2) is 47.1 Å². The summed E-state index contributed by atoms with van der Waals surface area (Å²) in [6.45, 7) is 0.563. The summed E-state index contributed by atoms with van der Waals surface area (Å²) in [7, 11) is 1.30. The number of ether oxygens (including phenoxy) is 1. The lowest BCUT2D eigenvalue weighted by atomic mass is 10.1. The minimum absolute atomic E-state index is 0.00944. The second-order valence-corrected chi connectivity index (χ2v) is 5.13. The molecular weight excluding hydrogens is 309 g/mol. The zero-order chi connectivity index (χ0) is 17.6. The van der Waals surface area contributed by atoms with Gasteiger partial charge in [0.25, 0.3) is 0 Å². The number of hydrogen-bond donors (Lipinski definition) is 3. The molecule has 1 rings (SSSR count). The number of aliphatic carboxylic acids is 1. The van der Waals surface area contributed by atoms with Crippen LogP contribution in [0.15, 0.2) is 18.2 Å². The summed E-state index contributed by atoms with van der Waals surface area (Å²) in [6.07, 6.45) is -0.380. The number of carbonyl (C=O) groups is 3. The van der Waals surface area contributed by atoms with E-state index in [4.69, 9.17) is 9.84 Å². The monoisotopic (exact) mass is 327 g/mol. The minimum atomic E-state index is -2.08. The predicted octanol–water partition coefficient (Wildman–Crippen LogP) is 0.749. The fraction of sp³-hybridized carbons (Fsp3) is 0.400. The second-order valence-electron chi connectivity index (χ2n) is 5.13. The van der Waals surface area contributed by atoms with Crippen molar-refractivity contribution in [1.82, 2.24) is 5.32 Å². The Morgan fingerprint density at radius 2 is 1.96 bits per heavy atom. The number of carboxylic acids is 1. The summed E-state index contributed by atoms with van der Waals surface area (Å²) >= 11 is 0. The molecule has 1 atom stereocenters. The lowest BCUT2D eigenvalue weighted by molar-refractivity contribution is -0.156. The summed E-state index contributed by atoms with van der Waals surface area (Å²) < 4.78 is 18.2. The van der Waals surface area contributed by atoms with E-state index in [9.17, 15) is 23.9 Å². The van der Waals surface area contributed by atoms with Gasteiger partial charge in [-0.2, -0.15) is 0 Å². The molecule has 7 nitrogen and oxygen atoms in total. The van der Waals surface area contributed by atoms with Gasteiger partial charge in [-0.15, -0.1) is 0 Å². The van der Waals surface area contributed by atoms with Crippen molar-refractivity contribution in [3.05, 3.63) is 29.6 Å². The van der Waals surface area contributed by atoms with E-state index in [1.165, 1.54) is 19.2 Å². The first-order valence-corrected chi connectivity index (χ1v) is 6.76. The van der Waals surface area contributed by atoms with E-state index in [0.717, 1.165) is 13.0 Å². The fourth-order valence-corrected chi connectivity index (χ4v) is 1.65. The average molecular weight is 327 g/mol. The van der Waals surface area contributed by atoms with E-state index in [-0.39, 0.29) is 24.2 Å². The van der Waals surface area contributed by atoms with Crippen LogP contribution in [0.4, 0.5) is 4.39 Å². The largest absolute Gasteiger partial charge is 0.494 e. The van der Waals surface area contributed by atoms with Gasteiger partial charge in [-0.25, -0.2) is 9.18 Å². The number of ketones is 1. The first kappa shape index (κ1) is 18.6. The Bertz CT molecular complexity index is 614. The van der Waals surface area contributed by atoms with Crippen molar-refractivity contribution in [2.24, 2.45) is 0 Å². The second kappa shape index (κ2) is 7.68. The predicted molar refractivity (Wildman–Crippen MR) is 77.8 cm³/mol. The number of carbonyl (C=O) groups excluding carboxylic acids is 2. The van der Waals surface area contributed by atoms with Gasteiger partial charge in [0, 0.05) is 18.4 Å². The van der Waals surface area contributed by atoms with Gasteiger partial charge in [0.05, 0.1) is 13.7 Å². The van der Waals surface area contributed by atoms with Gasteiger partial charge in [-0.3, -0.25) is 9.59 Å². The number of benzene rings is 1. The summed E-state index contributed by atoms with van der Waals surface area (Å²) in [4.78, 5) is 34.1. The average Bonchev–Trinajstić information content (AvgIpc) is 2.50. The minimum Gasteiger partial charge on any atom is -0.494 e. The van der Waals surface area contributed by atoms with E-state index < -0.39 is 35.6 Å². The Hall–Kier alpha value is -2.48. The van der Waals surface area contributed by atoms with Crippen LogP contribution < -0.4 is 10.1 Å². The topological polar surface area (TPSA) is 113 Å². The molecule has 0 aliphatic heterocycles. The molecule has 0 aromatic heterocycles. The van der Waals surface area contributed by atoms with E-state index in [1.807, 2.05) is 0 Å². The summed E-state index contributed by atoms with van der Waals surface area (Å²) in [5.74, 6) is -3.17. The van der Waals surface area contributed by atoms with Gasteiger partial charge in [-0.1, -0.05) is 0 Å². The van der Waals surface area contributed by atoms with Gasteiger partial charge < -0.3 is 20.3 Å². The molecule has 0 aliphatic rings. The van der Waals surface area contributed by atoms with Crippen LogP contribution in [-0.2, 0) is 9.59 Å². The number of rotatable bonds is 8. The summed E-state index contributed by atoms with van der Waals surface area (Å²) in [5, 5.41) is 20.4. The molecule has 0 radical (unpaired) electrons. The molecule has 3 N–H and O–H groups in total. The number of nitrogens with one attached hydrogen (secondary N) is 1. The number of hydrogen-bond acceptors (Lipinski definition) is 5. The van der Waals surface area contributed by atoms with Crippen molar-refractivity contribution in [3.8, 4) is 5.75 Å². The smallest absolute Gasteiger partial charge is 0.337 e. The van der Waals surface area contributed by atoms with Crippen LogP contribution in [0, 0.1) is 5.82 Å². The van der Waals surface area contributed by atoms with Gasteiger partial charge in [-0.05, 0) is 25.1 Å². The van der Waals surface area contributed by atoms with Gasteiger partial charge in [0.1, 0.15) is 0 Å². The summed E-state index contributed by atoms with van der Waals surface area (Å²) in [5.41, 5.74) is -1.98. The molecule has 1 aromatic carbocycles. The molecule has 0 saturated heterocycles. The molecule has 0 fully saturated rings. The summed E-state index contributed by atoms with van der Waals surface area (Å²) in [6, 6.07) is 3.72. The lowest BCUT2D eigenvalue weighted by Crippen LogP contribution is -2.46. The third kappa shape index (κ3) is 5.33. The zero-order valence-corrected chi connectivity index (χ0v) is 12.8. The van der Waals surface area contributed by atoms with Crippen molar-refractivity contribution in [3.63, 3.8) is 0 Å². The first-order chi connectivity index (χ1) is 10.7. The van der Waals surface area contributed by atoms with Crippen LogP contribution in [0.1, 0.15) is 30.1 Å². The highest BCUT2D eigenvalue weighted by atomic mass is 19.1. The number of methoxy groups -OCH3 is 1. The maximum atomic E-state index is 13.5. The highest BCUT2D eigenvalue weighted by molar-refractivity contribution is 5.98. The van der Waals surface area contributed by atoms with E-state index in [1.54, 1.807) is 0 Å². The highest BCUT2D eigenvalue weighted by Crippen LogP contribution is 2.18. The Morgan fingerprint density at radius 1 is 1.30 bits per heavy atom. The van der Waals surface area contributed by atoms with Gasteiger partial charge in [0.2, 0.25) is 5.91 Å². The number of carboxylic acid groups (broad SMARTS) is 1. The van der Waals surface area contributed by atoms with Crippen molar-refractivity contribution in [1.29, 1.82) is 0 Å². The van der Waals surface area contributed by atoms with Crippen molar-refractivity contribution in [2.75, 3.05) is 13.7 Å². The quantitative estimate of drug-likeness (QED) is 0.607. The number of aliphatic hydroxyl groups is 1. The Kier molecular flexibility index (Phi) is 6.20. The van der Waals surface area contributed by atoms with E-state index >= 15 is 0 Å². The molecule has 0 spiro atoms. The third-order valence-corrected chi connectivity index (χ3v) is 3.14. The van der Waals surface area contributed by atoms with Crippen molar-refractivity contribution >= 4 is 17.7 Å². The molecule has 0 heterocycles. The molecule has 0 saturated carbocycles. The Morgan fingerprint density at radius 3 is 2.48 bits per heavy atom. The Balaban J connectivity index is 2.51. The van der Waals surface area contributed by atoms with Gasteiger partial charge >= 0.3 is 5.97 Å². The van der Waals surface area contributed by atoms with E-state index in [2.05, 4.69) is 5.32 Å². The highest BCUT2D eigenvalue weighted by Gasteiger charge is 2.30. The van der Waals surface area contributed by atoms with Crippen LogP contribution in [0.25, 0.3) is 0 Å². The number of halogens is 1. The SMILES string of the molecule is COc1ccc(C(=O)CCC(=O)NCC(C)(O)C(=O)O)cc1F. The maximum absolute atomic E-state index is 13.5. The molecule has 8 heteroatoms. The fourth-order valence-electron chi connectivity index (χ4n) is 1.65. The van der Waals surface area contributed by atoms with E-state index in [0.29, 0.717) is 0 Å². The maximum Gasteiger partial charge on any atom is 0.337 e. The van der Waals surface area contributed by atoms with Crippen molar-refractivity contribution < 1.29 is 33.7 Å². The molecular formula is C15H18FNO6. The molecule has 1 aromatic rings. The van der Waals surface area contributed by atoms with Crippen LogP contribution in [0.2, 0.25) is 0 Å². The normalized spacial score (nSPS) is 13.0. The molecule has 126 valence electrons. The molecule has 1 amide bonds.